The summed E-state index contributed by atoms with van der Waals surface area (Å²) in [7, 11) is 0. The van der Waals surface area contributed by atoms with E-state index in [4.69, 9.17) is 10.2 Å². The highest BCUT2D eigenvalue weighted by molar-refractivity contribution is 7.13. The lowest BCUT2D eigenvalue weighted by atomic mass is 9.93. The van der Waals surface area contributed by atoms with Gasteiger partial charge in [0.15, 0.2) is 11.5 Å². The summed E-state index contributed by atoms with van der Waals surface area (Å²) in [6, 6.07) is 11.7. The molecule has 4 aromatic heterocycles. The number of rotatable bonds is 6. The van der Waals surface area contributed by atoms with E-state index in [2.05, 4.69) is 19.4 Å². The molecule has 6 rings (SSSR count). The number of nitrogens with zero attached hydrogens (tertiary/aromatic N) is 7. The molecule has 0 aliphatic carbocycles. The van der Waals surface area contributed by atoms with Crippen molar-refractivity contribution >= 4 is 33.4 Å². The van der Waals surface area contributed by atoms with Gasteiger partial charge in [-0.2, -0.15) is 0 Å². The molecule has 0 bridgehead atoms. The molecule has 6 heterocycles. The van der Waals surface area contributed by atoms with Gasteiger partial charge in [-0.25, -0.2) is 15.2 Å². The van der Waals surface area contributed by atoms with Crippen LogP contribution in [-0.4, -0.2) is 71.5 Å². The second-order valence-corrected chi connectivity index (χ2v) is 10.9. The van der Waals surface area contributed by atoms with E-state index < -0.39 is 0 Å². The number of thiophene rings is 1. The molecule has 0 radical (unpaired) electrons. The van der Waals surface area contributed by atoms with E-state index >= 15 is 0 Å². The van der Waals surface area contributed by atoms with Crippen molar-refractivity contribution in [2.45, 2.75) is 38.3 Å². The first-order chi connectivity index (χ1) is 18.6. The van der Waals surface area contributed by atoms with E-state index in [1.807, 2.05) is 40.6 Å². The lowest BCUT2D eigenvalue weighted by Gasteiger charge is -2.37. The van der Waals surface area contributed by atoms with Crippen molar-refractivity contribution in [3.05, 3.63) is 64.6 Å². The molecule has 1 amide bonds. The van der Waals surface area contributed by atoms with Gasteiger partial charge >= 0.3 is 5.00 Å². The predicted octanol–water partition coefficient (Wildman–Crippen LogP) is 4.43. The van der Waals surface area contributed by atoms with Crippen LogP contribution in [0.5, 0.6) is 0 Å². The van der Waals surface area contributed by atoms with Crippen LogP contribution < -0.4 is 0 Å². The van der Waals surface area contributed by atoms with Crippen LogP contribution in [0.4, 0.5) is 5.00 Å². The Morgan fingerprint density at radius 2 is 1.82 bits per heavy atom. The topological polar surface area (TPSA) is 107 Å². The van der Waals surface area contributed by atoms with Crippen molar-refractivity contribution in [3.63, 3.8) is 0 Å². The fraction of sp³-hybridized carbons (Fsp3) is 0.407. The maximum absolute atomic E-state index is 13.4. The number of piperidine rings is 2. The molecule has 2 aliphatic heterocycles. The Bertz CT molecular complexity index is 1440. The second kappa shape index (κ2) is 10.6. The number of pyridine rings is 2. The van der Waals surface area contributed by atoms with E-state index in [9.17, 15) is 9.70 Å². The molecule has 10 nitrogen and oxygen atoms in total. The Kier molecular flexibility index (Phi) is 6.86. The van der Waals surface area contributed by atoms with Crippen molar-refractivity contribution < 1.29 is 14.9 Å². The number of carbonyl (C=O) groups excluding carboxylic acids is 1. The SMILES string of the molecule is O=C(C1CCN(Cc2csc([N+](=O)O)c2)CC1)N1CCC(n2c(-c3ccccn3)nc3cccnc32)CC1. The van der Waals surface area contributed by atoms with E-state index in [0.717, 1.165) is 86.7 Å². The van der Waals surface area contributed by atoms with Crippen molar-refractivity contribution in [1.82, 2.24) is 29.3 Å². The molecule has 38 heavy (non-hydrogen) atoms. The highest BCUT2D eigenvalue weighted by Crippen LogP contribution is 2.33. The molecule has 4 aromatic rings. The van der Waals surface area contributed by atoms with Gasteiger partial charge in [0.25, 0.3) is 4.92 Å². The Labute approximate surface area is 224 Å². The quantitative estimate of drug-likeness (QED) is 0.366. The average molecular weight is 533 g/mol. The van der Waals surface area contributed by atoms with Crippen molar-refractivity contribution in [2.75, 3.05) is 26.2 Å². The van der Waals surface area contributed by atoms with Gasteiger partial charge in [-0.1, -0.05) is 17.4 Å². The minimum atomic E-state index is -0.0899. The number of imidazole rings is 1. The van der Waals surface area contributed by atoms with Crippen LogP contribution in [0.3, 0.4) is 0 Å². The highest BCUT2D eigenvalue weighted by atomic mass is 32.1. The molecule has 11 heteroatoms. The number of amides is 1. The summed E-state index contributed by atoms with van der Waals surface area (Å²) >= 11 is 1.23. The maximum atomic E-state index is 13.4. The summed E-state index contributed by atoms with van der Waals surface area (Å²) in [6.07, 6.45) is 6.97. The third-order valence-corrected chi connectivity index (χ3v) is 8.59. The summed E-state index contributed by atoms with van der Waals surface area (Å²) in [5.74, 6) is 1.15. The van der Waals surface area contributed by atoms with Gasteiger partial charge in [0, 0.05) is 55.4 Å². The maximum Gasteiger partial charge on any atom is 0.371 e. The number of aromatic nitrogens is 4. The molecule has 0 unspecified atom stereocenters. The van der Waals surface area contributed by atoms with Crippen LogP contribution in [0.2, 0.25) is 0 Å². The third kappa shape index (κ3) is 4.91. The summed E-state index contributed by atoms with van der Waals surface area (Å²) in [4.78, 5) is 42.7. The largest absolute Gasteiger partial charge is 0.371 e. The van der Waals surface area contributed by atoms with Gasteiger partial charge in [-0.15, -0.1) is 0 Å². The lowest BCUT2D eigenvalue weighted by molar-refractivity contribution is -0.727. The van der Waals surface area contributed by atoms with Gasteiger partial charge in [0.05, 0.1) is 4.91 Å². The first kappa shape index (κ1) is 24.6. The molecule has 0 aromatic carbocycles. The monoisotopic (exact) mass is 532 g/mol. The predicted molar refractivity (Wildman–Crippen MR) is 143 cm³/mol. The Morgan fingerprint density at radius 3 is 2.53 bits per heavy atom. The number of fused-ring (bicyclic) bond motifs is 1. The number of hydrogen-bond acceptors (Lipinski definition) is 7. The molecule has 2 fully saturated rings. The van der Waals surface area contributed by atoms with Gasteiger partial charge in [0.2, 0.25) is 5.91 Å². The van der Waals surface area contributed by atoms with Crippen LogP contribution in [0.25, 0.3) is 22.7 Å². The van der Waals surface area contributed by atoms with E-state index in [1.165, 1.54) is 11.3 Å². The fourth-order valence-electron chi connectivity index (χ4n) is 5.70. The van der Waals surface area contributed by atoms with Crippen LogP contribution >= 0.6 is 11.3 Å². The van der Waals surface area contributed by atoms with Gasteiger partial charge in [0.1, 0.15) is 11.2 Å². The van der Waals surface area contributed by atoms with Gasteiger partial charge in [-0.05, 0) is 68.6 Å². The third-order valence-electron chi connectivity index (χ3n) is 7.66. The Balaban J connectivity index is 1.08. The minimum absolute atomic E-state index is 0.0511. The van der Waals surface area contributed by atoms with Crippen LogP contribution in [0, 0.1) is 10.8 Å². The smallest absolute Gasteiger partial charge is 0.342 e. The molecule has 0 saturated carbocycles. The Morgan fingerprint density at radius 1 is 1.03 bits per heavy atom. The van der Waals surface area contributed by atoms with Crippen molar-refractivity contribution in [3.8, 4) is 11.5 Å². The zero-order valence-corrected chi connectivity index (χ0v) is 21.8. The zero-order chi connectivity index (χ0) is 26.1. The first-order valence-electron chi connectivity index (χ1n) is 13.1. The molecule has 196 valence electrons. The van der Waals surface area contributed by atoms with E-state index in [1.54, 1.807) is 18.5 Å². The molecular formula is C27H30N7O3S+. The zero-order valence-electron chi connectivity index (χ0n) is 21.0. The molecule has 0 atom stereocenters. The van der Waals surface area contributed by atoms with Gasteiger partial charge < -0.3 is 9.47 Å². The average Bonchev–Trinajstić information content (AvgIpc) is 3.59. The molecule has 2 aliphatic rings. The fourth-order valence-corrected chi connectivity index (χ4v) is 6.42. The number of likely N-dealkylation sites (tertiary alicyclic amines) is 2. The Hall–Kier alpha value is -3.70. The molecule has 2 saturated heterocycles. The van der Waals surface area contributed by atoms with Crippen molar-refractivity contribution in [1.29, 1.82) is 0 Å². The molecular weight excluding hydrogens is 502 g/mol. The van der Waals surface area contributed by atoms with E-state index in [-0.39, 0.29) is 22.8 Å². The summed E-state index contributed by atoms with van der Waals surface area (Å²) < 4.78 is 2.22. The van der Waals surface area contributed by atoms with Crippen molar-refractivity contribution in [2.24, 2.45) is 5.92 Å². The standard InChI is InChI=1S/C27H30N7O3S/c35-27(20-6-12-31(13-7-20)17-19-16-24(34(36)37)38-18-19)32-14-8-21(9-15-32)33-25-23(5-3-11-29-25)30-26(33)22-4-1-2-10-28-22/h1-5,10-11,16,18,20-21H,6-9,12-15,17H2,(H,36,37)/q+1. The minimum Gasteiger partial charge on any atom is -0.342 e. The molecule has 1 N–H and O–H groups in total. The summed E-state index contributed by atoms with van der Waals surface area (Å²) in [6.45, 7) is 3.86. The number of carbonyl (C=O) groups is 1. The summed E-state index contributed by atoms with van der Waals surface area (Å²) in [5.41, 5.74) is 3.57. The summed E-state index contributed by atoms with van der Waals surface area (Å²) in [5, 5.41) is 11.3. The highest BCUT2D eigenvalue weighted by Gasteiger charge is 2.33. The lowest BCUT2D eigenvalue weighted by Crippen LogP contribution is -2.45. The molecule has 0 spiro atoms. The van der Waals surface area contributed by atoms with Crippen LogP contribution in [0.15, 0.2) is 54.2 Å². The van der Waals surface area contributed by atoms with Crippen LogP contribution in [-0.2, 0) is 11.3 Å². The van der Waals surface area contributed by atoms with Crippen LogP contribution in [0.1, 0.15) is 37.3 Å². The normalized spacial score (nSPS) is 17.7. The van der Waals surface area contributed by atoms with E-state index in [0.29, 0.717) is 5.00 Å². The van der Waals surface area contributed by atoms with Gasteiger partial charge in [-0.3, -0.25) is 14.7 Å². The second-order valence-electron chi connectivity index (χ2n) is 10.0. The first-order valence-corrected chi connectivity index (χ1v) is 13.9. The number of hydrogen-bond donors (Lipinski definition) is 1.